The zero-order valence-corrected chi connectivity index (χ0v) is 10.3. The van der Waals surface area contributed by atoms with E-state index < -0.39 is 0 Å². The lowest BCUT2D eigenvalue weighted by molar-refractivity contribution is 0.144. The number of furan rings is 1. The lowest BCUT2D eigenvalue weighted by atomic mass is 10.4. The van der Waals surface area contributed by atoms with Crippen LogP contribution < -0.4 is 10.1 Å². The number of rotatable bonds is 7. The van der Waals surface area contributed by atoms with Gasteiger partial charge in [-0.2, -0.15) is 0 Å². The lowest BCUT2D eigenvalue weighted by Crippen LogP contribution is -2.05. The molecule has 0 amide bonds. The molecule has 18 heavy (non-hydrogen) atoms. The average Bonchev–Trinajstić information content (AvgIpc) is 2.91. The van der Waals surface area contributed by atoms with Crippen LogP contribution in [0, 0.1) is 0 Å². The average molecular weight is 248 g/mol. The number of methoxy groups -OCH3 is 1. The molecule has 96 valence electrons. The minimum absolute atomic E-state index is 0.503. The zero-order chi connectivity index (χ0) is 12.6. The first kappa shape index (κ1) is 12.4. The Kier molecular flexibility index (Phi) is 4.60. The molecule has 0 atom stereocenters. The first-order chi connectivity index (χ1) is 8.88. The van der Waals surface area contributed by atoms with Gasteiger partial charge in [0, 0.05) is 13.2 Å². The molecule has 0 saturated carbocycles. The molecule has 0 aliphatic heterocycles. The molecule has 2 rings (SSSR count). The molecule has 0 bridgehead atoms. The SMILES string of the molecule is COCCOc1ccc(NCc2ccco2)cn1. The van der Waals surface area contributed by atoms with E-state index in [1.54, 1.807) is 19.6 Å². The maximum absolute atomic E-state index is 5.37. The van der Waals surface area contributed by atoms with Crippen molar-refractivity contribution in [2.75, 3.05) is 25.6 Å². The van der Waals surface area contributed by atoms with Crippen LogP contribution in [0.25, 0.3) is 0 Å². The number of hydrogen-bond acceptors (Lipinski definition) is 5. The molecule has 2 aromatic rings. The highest BCUT2D eigenvalue weighted by Gasteiger charge is 1.98. The number of pyridine rings is 1. The first-order valence-corrected chi connectivity index (χ1v) is 5.72. The second kappa shape index (κ2) is 6.66. The number of hydrogen-bond donors (Lipinski definition) is 1. The Morgan fingerprint density at radius 3 is 2.89 bits per heavy atom. The van der Waals surface area contributed by atoms with Crippen LogP contribution in [0.15, 0.2) is 41.1 Å². The highest BCUT2D eigenvalue weighted by atomic mass is 16.5. The van der Waals surface area contributed by atoms with Gasteiger partial charge in [-0.15, -0.1) is 0 Å². The molecule has 1 N–H and O–H groups in total. The highest BCUT2D eigenvalue weighted by Crippen LogP contribution is 2.12. The van der Waals surface area contributed by atoms with Gasteiger partial charge in [0.2, 0.25) is 5.88 Å². The number of anilines is 1. The van der Waals surface area contributed by atoms with E-state index in [9.17, 15) is 0 Å². The molecule has 2 heterocycles. The number of ether oxygens (including phenoxy) is 2. The molecule has 0 fully saturated rings. The van der Waals surface area contributed by atoms with E-state index >= 15 is 0 Å². The molecule has 0 aliphatic rings. The Labute approximate surface area is 106 Å². The zero-order valence-electron chi connectivity index (χ0n) is 10.3. The standard InChI is InChI=1S/C13H16N2O3/c1-16-7-8-18-13-5-4-11(9-15-13)14-10-12-3-2-6-17-12/h2-6,9,14H,7-8,10H2,1H3. The van der Waals surface area contributed by atoms with Crippen LogP contribution in [0.2, 0.25) is 0 Å². The van der Waals surface area contributed by atoms with Crippen LogP contribution in [-0.4, -0.2) is 25.3 Å². The predicted octanol–water partition coefficient (Wildman–Crippen LogP) is 2.31. The van der Waals surface area contributed by atoms with Gasteiger partial charge in [-0.3, -0.25) is 0 Å². The second-order valence-corrected chi connectivity index (χ2v) is 3.66. The van der Waals surface area contributed by atoms with E-state index in [4.69, 9.17) is 13.9 Å². The molecule has 5 nitrogen and oxygen atoms in total. The summed E-state index contributed by atoms with van der Waals surface area (Å²) in [5.41, 5.74) is 0.922. The van der Waals surface area contributed by atoms with Crippen molar-refractivity contribution in [3.63, 3.8) is 0 Å². The molecule has 0 spiro atoms. The summed E-state index contributed by atoms with van der Waals surface area (Å²) in [6.45, 7) is 1.70. The summed E-state index contributed by atoms with van der Waals surface area (Å²) < 4.78 is 15.5. The Hall–Kier alpha value is -2.01. The van der Waals surface area contributed by atoms with Gasteiger partial charge in [-0.1, -0.05) is 0 Å². The summed E-state index contributed by atoms with van der Waals surface area (Å²) in [6, 6.07) is 7.52. The molecule has 5 heteroatoms. The van der Waals surface area contributed by atoms with Crippen molar-refractivity contribution in [1.82, 2.24) is 4.98 Å². The van der Waals surface area contributed by atoms with Crippen molar-refractivity contribution in [2.45, 2.75) is 6.54 Å². The van der Waals surface area contributed by atoms with Crippen molar-refractivity contribution < 1.29 is 13.9 Å². The lowest BCUT2D eigenvalue weighted by Gasteiger charge is -2.06. The summed E-state index contributed by atoms with van der Waals surface area (Å²) in [5, 5.41) is 3.21. The van der Waals surface area contributed by atoms with E-state index in [0.29, 0.717) is 25.6 Å². The van der Waals surface area contributed by atoms with Gasteiger partial charge in [-0.25, -0.2) is 4.98 Å². The third-order valence-corrected chi connectivity index (χ3v) is 2.32. The van der Waals surface area contributed by atoms with Crippen LogP contribution >= 0.6 is 0 Å². The second-order valence-electron chi connectivity index (χ2n) is 3.66. The summed E-state index contributed by atoms with van der Waals surface area (Å²) in [6.07, 6.45) is 3.38. The minimum atomic E-state index is 0.503. The number of nitrogens with zero attached hydrogens (tertiary/aromatic N) is 1. The maximum Gasteiger partial charge on any atom is 0.213 e. The van der Waals surface area contributed by atoms with Crippen molar-refractivity contribution in [1.29, 1.82) is 0 Å². The van der Waals surface area contributed by atoms with Gasteiger partial charge in [0.05, 0.1) is 31.3 Å². The summed E-state index contributed by atoms with van der Waals surface area (Å²) in [4.78, 5) is 4.18. The fourth-order valence-electron chi connectivity index (χ4n) is 1.40. The van der Waals surface area contributed by atoms with Crippen molar-refractivity contribution in [3.8, 4) is 5.88 Å². The molecule has 2 aromatic heterocycles. The van der Waals surface area contributed by atoms with Crippen LogP contribution in [0.5, 0.6) is 5.88 Å². The Morgan fingerprint density at radius 2 is 2.22 bits per heavy atom. The van der Waals surface area contributed by atoms with Crippen LogP contribution in [-0.2, 0) is 11.3 Å². The fourth-order valence-corrected chi connectivity index (χ4v) is 1.40. The van der Waals surface area contributed by atoms with Crippen LogP contribution in [0.3, 0.4) is 0 Å². The van der Waals surface area contributed by atoms with Gasteiger partial charge < -0.3 is 19.2 Å². The van der Waals surface area contributed by atoms with Gasteiger partial charge in [0.15, 0.2) is 0 Å². The van der Waals surface area contributed by atoms with E-state index in [1.165, 1.54) is 0 Å². The fraction of sp³-hybridized carbons (Fsp3) is 0.308. The van der Waals surface area contributed by atoms with Crippen LogP contribution in [0.1, 0.15) is 5.76 Å². The number of aromatic nitrogens is 1. The Balaban J connectivity index is 1.80. The monoisotopic (exact) mass is 248 g/mol. The van der Waals surface area contributed by atoms with Gasteiger partial charge in [0.25, 0.3) is 0 Å². The largest absolute Gasteiger partial charge is 0.475 e. The molecule has 0 saturated heterocycles. The summed E-state index contributed by atoms with van der Waals surface area (Å²) >= 11 is 0. The molecule has 0 aliphatic carbocycles. The topological polar surface area (TPSA) is 56.5 Å². The number of nitrogens with one attached hydrogen (secondary N) is 1. The third-order valence-electron chi connectivity index (χ3n) is 2.32. The normalized spacial score (nSPS) is 10.3. The molecular formula is C13H16N2O3. The van der Waals surface area contributed by atoms with E-state index in [2.05, 4.69) is 10.3 Å². The van der Waals surface area contributed by atoms with Gasteiger partial charge >= 0.3 is 0 Å². The van der Waals surface area contributed by atoms with E-state index in [0.717, 1.165) is 11.4 Å². The van der Waals surface area contributed by atoms with Crippen molar-refractivity contribution >= 4 is 5.69 Å². The molecule has 0 radical (unpaired) electrons. The Bertz CT molecular complexity index is 440. The first-order valence-electron chi connectivity index (χ1n) is 5.72. The van der Waals surface area contributed by atoms with E-state index in [-0.39, 0.29) is 0 Å². The van der Waals surface area contributed by atoms with Crippen LogP contribution in [0.4, 0.5) is 5.69 Å². The quantitative estimate of drug-likeness (QED) is 0.762. The van der Waals surface area contributed by atoms with Crippen molar-refractivity contribution in [3.05, 3.63) is 42.5 Å². The molecule has 0 aromatic carbocycles. The summed E-state index contributed by atoms with van der Waals surface area (Å²) in [5.74, 6) is 1.48. The summed E-state index contributed by atoms with van der Waals surface area (Å²) in [7, 11) is 1.64. The van der Waals surface area contributed by atoms with E-state index in [1.807, 2.05) is 24.3 Å². The van der Waals surface area contributed by atoms with Crippen molar-refractivity contribution in [2.24, 2.45) is 0 Å². The maximum atomic E-state index is 5.37. The highest BCUT2D eigenvalue weighted by molar-refractivity contribution is 5.42. The smallest absolute Gasteiger partial charge is 0.213 e. The third kappa shape index (κ3) is 3.78. The Morgan fingerprint density at radius 1 is 1.28 bits per heavy atom. The van der Waals surface area contributed by atoms with Gasteiger partial charge in [-0.05, 0) is 18.2 Å². The molecule has 0 unspecified atom stereocenters. The predicted molar refractivity (Wildman–Crippen MR) is 67.6 cm³/mol. The van der Waals surface area contributed by atoms with Gasteiger partial charge in [0.1, 0.15) is 12.4 Å². The minimum Gasteiger partial charge on any atom is -0.475 e. The molecular weight excluding hydrogens is 232 g/mol.